The smallest absolute Gasteiger partial charge is 0.218 e. The van der Waals surface area contributed by atoms with Crippen LogP contribution in [0.15, 0.2) is 48.5 Å². The fourth-order valence-corrected chi connectivity index (χ4v) is 3.65. The Bertz CT molecular complexity index is 924. The number of benzene rings is 2. The van der Waals surface area contributed by atoms with Crippen molar-refractivity contribution >= 4 is 10.9 Å². The maximum Gasteiger partial charge on any atom is 0.218 e. The molecule has 4 nitrogen and oxygen atoms in total. The average molecular weight is 348 g/mol. The maximum atomic E-state index is 6.16. The van der Waals surface area contributed by atoms with E-state index in [1.807, 2.05) is 12.1 Å². The van der Waals surface area contributed by atoms with Crippen molar-refractivity contribution in [3.05, 3.63) is 65.2 Å². The summed E-state index contributed by atoms with van der Waals surface area (Å²) in [6.45, 7) is 6.78. The number of hydrogen-bond acceptors (Lipinski definition) is 4. The summed E-state index contributed by atoms with van der Waals surface area (Å²) in [5.41, 5.74) is 4.52. The first-order valence-corrected chi connectivity index (χ1v) is 9.03. The summed E-state index contributed by atoms with van der Waals surface area (Å²) in [7, 11) is 1.70. The molecule has 1 aromatic heterocycles. The average Bonchev–Trinajstić information content (AvgIpc) is 2.77. The monoisotopic (exact) mass is 348 g/mol. The SMILES string of the molecule is COc1cc(C)c2nc3c(cc2c1)CN(Cc1ccccc1)CC(C)O3. The van der Waals surface area contributed by atoms with E-state index < -0.39 is 0 Å². The van der Waals surface area contributed by atoms with E-state index in [9.17, 15) is 0 Å². The van der Waals surface area contributed by atoms with Gasteiger partial charge in [-0.05, 0) is 43.2 Å². The predicted octanol–water partition coefficient (Wildman–Crippen LogP) is 4.33. The van der Waals surface area contributed by atoms with E-state index in [1.165, 1.54) is 5.56 Å². The minimum atomic E-state index is 0.100. The van der Waals surface area contributed by atoms with Gasteiger partial charge in [0.2, 0.25) is 5.88 Å². The highest BCUT2D eigenvalue weighted by molar-refractivity contribution is 5.84. The molecule has 0 N–H and O–H groups in total. The second kappa shape index (κ2) is 6.96. The molecule has 1 atom stereocenters. The van der Waals surface area contributed by atoms with Gasteiger partial charge in [0.1, 0.15) is 11.9 Å². The van der Waals surface area contributed by atoms with E-state index in [0.717, 1.165) is 53.3 Å². The number of aryl methyl sites for hydroxylation is 1. The number of hydrogen-bond donors (Lipinski definition) is 0. The first-order chi connectivity index (χ1) is 12.6. The Morgan fingerprint density at radius 3 is 2.77 bits per heavy atom. The molecule has 2 aromatic carbocycles. The zero-order valence-corrected chi connectivity index (χ0v) is 15.5. The normalized spacial score (nSPS) is 17.4. The number of pyridine rings is 1. The van der Waals surface area contributed by atoms with Crippen molar-refractivity contribution in [2.45, 2.75) is 33.0 Å². The molecule has 1 aliphatic heterocycles. The van der Waals surface area contributed by atoms with Crippen molar-refractivity contribution in [2.24, 2.45) is 0 Å². The molecular weight excluding hydrogens is 324 g/mol. The van der Waals surface area contributed by atoms with E-state index in [-0.39, 0.29) is 6.10 Å². The Morgan fingerprint density at radius 2 is 2.00 bits per heavy atom. The van der Waals surface area contributed by atoms with Crippen molar-refractivity contribution in [1.82, 2.24) is 9.88 Å². The molecule has 4 rings (SSSR count). The van der Waals surface area contributed by atoms with Gasteiger partial charge in [-0.25, -0.2) is 4.98 Å². The zero-order chi connectivity index (χ0) is 18.1. The highest BCUT2D eigenvalue weighted by atomic mass is 16.5. The largest absolute Gasteiger partial charge is 0.497 e. The summed E-state index contributed by atoms with van der Waals surface area (Å²) in [6.07, 6.45) is 0.100. The van der Waals surface area contributed by atoms with Gasteiger partial charge in [0.15, 0.2) is 0 Å². The molecular formula is C22H24N2O2. The second-order valence-corrected chi connectivity index (χ2v) is 7.05. The molecule has 1 aliphatic rings. The van der Waals surface area contributed by atoms with E-state index in [0.29, 0.717) is 0 Å². The van der Waals surface area contributed by atoms with Crippen LogP contribution in [0.1, 0.15) is 23.6 Å². The molecule has 4 heteroatoms. The first kappa shape index (κ1) is 16.9. The lowest BCUT2D eigenvalue weighted by molar-refractivity contribution is 0.153. The van der Waals surface area contributed by atoms with Crippen molar-refractivity contribution in [1.29, 1.82) is 0 Å². The third kappa shape index (κ3) is 3.37. The van der Waals surface area contributed by atoms with Gasteiger partial charge in [0, 0.05) is 30.6 Å². The van der Waals surface area contributed by atoms with Crippen LogP contribution in [0.4, 0.5) is 0 Å². The number of methoxy groups -OCH3 is 1. The molecule has 3 aromatic rings. The number of aromatic nitrogens is 1. The maximum absolute atomic E-state index is 6.16. The van der Waals surface area contributed by atoms with Crippen LogP contribution in [0.25, 0.3) is 10.9 Å². The predicted molar refractivity (Wildman–Crippen MR) is 104 cm³/mol. The third-order valence-corrected chi connectivity index (χ3v) is 4.83. The van der Waals surface area contributed by atoms with Gasteiger partial charge in [-0.2, -0.15) is 0 Å². The van der Waals surface area contributed by atoms with Crippen LogP contribution in [0.2, 0.25) is 0 Å². The number of fused-ring (bicyclic) bond motifs is 2. The van der Waals surface area contributed by atoms with Crippen LogP contribution in [0.5, 0.6) is 11.6 Å². The molecule has 0 radical (unpaired) electrons. The lowest BCUT2D eigenvalue weighted by Crippen LogP contribution is -2.30. The standard InChI is InChI=1S/C22H24N2O2/c1-15-9-20(25-3)11-18-10-19-14-24(13-17-7-5-4-6-8-17)12-16(2)26-22(19)23-21(15)18/h4-11,16H,12-14H2,1-3H3. The molecule has 0 aliphatic carbocycles. The molecule has 0 amide bonds. The summed E-state index contributed by atoms with van der Waals surface area (Å²) in [4.78, 5) is 7.26. The van der Waals surface area contributed by atoms with Gasteiger partial charge in [-0.3, -0.25) is 4.90 Å². The molecule has 2 heterocycles. The van der Waals surface area contributed by atoms with Crippen molar-refractivity contribution < 1.29 is 9.47 Å². The van der Waals surface area contributed by atoms with Gasteiger partial charge in [-0.1, -0.05) is 30.3 Å². The van der Waals surface area contributed by atoms with E-state index in [2.05, 4.69) is 55.1 Å². The minimum Gasteiger partial charge on any atom is -0.497 e. The molecule has 0 fully saturated rings. The summed E-state index contributed by atoms with van der Waals surface area (Å²) >= 11 is 0. The summed E-state index contributed by atoms with van der Waals surface area (Å²) in [5, 5.41) is 1.10. The molecule has 0 saturated carbocycles. The number of nitrogens with zero attached hydrogens (tertiary/aromatic N) is 2. The van der Waals surface area contributed by atoms with Crippen molar-refractivity contribution in [3.8, 4) is 11.6 Å². The summed E-state index contributed by atoms with van der Waals surface area (Å²) in [5.74, 6) is 1.62. The Kier molecular flexibility index (Phi) is 4.51. The Morgan fingerprint density at radius 1 is 1.19 bits per heavy atom. The van der Waals surface area contributed by atoms with Gasteiger partial charge < -0.3 is 9.47 Å². The first-order valence-electron chi connectivity index (χ1n) is 9.03. The third-order valence-electron chi connectivity index (χ3n) is 4.83. The van der Waals surface area contributed by atoms with Crippen molar-refractivity contribution in [2.75, 3.05) is 13.7 Å². The lowest BCUT2D eigenvalue weighted by Gasteiger charge is -2.21. The zero-order valence-electron chi connectivity index (χ0n) is 15.5. The van der Waals surface area contributed by atoms with E-state index >= 15 is 0 Å². The fraction of sp³-hybridized carbons (Fsp3) is 0.318. The van der Waals surface area contributed by atoms with Crippen LogP contribution < -0.4 is 9.47 Å². The Hall–Kier alpha value is -2.59. The van der Waals surface area contributed by atoms with Gasteiger partial charge >= 0.3 is 0 Å². The fourth-order valence-electron chi connectivity index (χ4n) is 3.65. The van der Waals surface area contributed by atoms with Crippen LogP contribution in [-0.2, 0) is 13.1 Å². The van der Waals surface area contributed by atoms with Crippen molar-refractivity contribution in [3.63, 3.8) is 0 Å². The van der Waals surface area contributed by atoms with E-state index in [4.69, 9.17) is 14.5 Å². The summed E-state index contributed by atoms with van der Waals surface area (Å²) in [6, 6.07) is 16.8. The van der Waals surface area contributed by atoms with Crippen LogP contribution in [0.3, 0.4) is 0 Å². The second-order valence-electron chi connectivity index (χ2n) is 7.05. The van der Waals surface area contributed by atoms with Gasteiger partial charge in [-0.15, -0.1) is 0 Å². The van der Waals surface area contributed by atoms with E-state index in [1.54, 1.807) is 7.11 Å². The summed E-state index contributed by atoms with van der Waals surface area (Å²) < 4.78 is 11.6. The van der Waals surface area contributed by atoms with Crippen LogP contribution >= 0.6 is 0 Å². The van der Waals surface area contributed by atoms with Crippen LogP contribution in [-0.4, -0.2) is 29.6 Å². The highest BCUT2D eigenvalue weighted by Crippen LogP contribution is 2.31. The van der Waals surface area contributed by atoms with Crippen LogP contribution in [0, 0.1) is 6.92 Å². The molecule has 26 heavy (non-hydrogen) atoms. The number of ether oxygens (including phenoxy) is 2. The van der Waals surface area contributed by atoms with Gasteiger partial charge in [0.25, 0.3) is 0 Å². The molecule has 134 valence electrons. The highest BCUT2D eigenvalue weighted by Gasteiger charge is 2.22. The minimum absolute atomic E-state index is 0.100. The molecule has 1 unspecified atom stereocenters. The topological polar surface area (TPSA) is 34.6 Å². The quantitative estimate of drug-likeness (QED) is 0.705. The molecule has 0 bridgehead atoms. The lowest BCUT2D eigenvalue weighted by atomic mass is 10.1. The molecule has 0 saturated heterocycles. The Balaban J connectivity index is 1.71. The number of rotatable bonds is 3. The molecule has 0 spiro atoms. The van der Waals surface area contributed by atoms with Gasteiger partial charge in [0.05, 0.1) is 12.6 Å². The Labute approximate surface area is 154 Å².